The van der Waals surface area contributed by atoms with Crippen molar-refractivity contribution in [2.24, 2.45) is 0 Å². The van der Waals surface area contributed by atoms with E-state index in [1.54, 1.807) is 0 Å². The lowest BCUT2D eigenvalue weighted by Gasteiger charge is -2.32. The number of rotatable bonds is 2. The minimum absolute atomic E-state index is 0.0334. The predicted molar refractivity (Wildman–Crippen MR) is 60.7 cm³/mol. The summed E-state index contributed by atoms with van der Waals surface area (Å²) in [6, 6.07) is 0.994. The molecular weight excluding hydrogens is 265 g/mol. The highest BCUT2D eigenvalue weighted by Gasteiger charge is 2.41. The zero-order valence-corrected chi connectivity index (χ0v) is 10.1. The Balaban J connectivity index is 2.05. The van der Waals surface area contributed by atoms with E-state index in [1.165, 1.54) is 0 Å². The molecule has 0 aromatic heterocycles. The molecule has 1 aliphatic rings. The molecule has 1 heterocycles. The fourth-order valence-electron chi connectivity index (χ4n) is 2.40. The molecule has 1 aromatic rings. The number of halogens is 5. The molecule has 1 fully saturated rings. The maximum atomic E-state index is 13.4. The summed E-state index contributed by atoms with van der Waals surface area (Å²) in [7, 11) is 0. The Kier molecular flexibility index (Phi) is 4.08. The third-order valence-electron chi connectivity index (χ3n) is 3.35. The second-order valence-corrected chi connectivity index (χ2v) is 4.83. The van der Waals surface area contributed by atoms with Gasteiger partial charge in [-0.05, 0) is 49.4 Å². The maximum Gasteiger partial charge on any atom is 0.403 e. The molecule has 6 heteroatoms. The molecule has 106 valence electrons. The molecule has 1 saturated heterocycles. The van der Waals surface area contributed by atoms with Crippen molar-refractivity contribution in [3.8, 4) is 0 Å². The molecule has 2 unspecified atom stereocenters. The average molecular weight is 279 g/mol. The number of benzene rings is 1. The molecule has 0 aliphatic carbocycles. The van der Waals surface area contributed by atoms with Crippen molar-refractivity contribution < 1.29 is 22.0 Å². The SMILES string of the molecule is Fc1ccc(F)c(CC2CCCC(C(F)(F)F)N2)c1. The van der Waals surface area contributed by atoms with Gasteiger partial charge in [0.2, 0.25) is 0 Å². The van der Waals surface area contributed by atoms with Gasteiger partial charge in [0.15, 0.2) is 0 Å². The molecule has 0 amide bonds. The van der Waals surface area contributed by atoms with Crippen LogP contribution in [0.15, 0.2) is 18.2 Å². The van der Waals surface area contributed by atoms with Crippen LogP contribution in [0.25, 0.3) is 0 Å². The maximum absolute atomic E-state index is 13.4. The van der Waals surface area contributed by atoms with E-state index in [2.05, 4.69) is 5.32 Å². The van der Waals surface area contributed by atoms with E-state index < -0.39 is 29.9 Å². The monoisotopic (exact) mass is 279 g/mol. The van der Waals surface area contributed by atoms with Crippen LogP contribution in [0, 0.1) is 11.6 Å². The summed E-state index contributed by atoms with van der Waals surface area (Å²) in [5.41, 5.74) is 0.111. The molecule has 1 aromatic carbocycles. The Morgan fingerprint density at radius 2 is 1.89 bits per heavy atom. The predicted octanol–water partition coefficient (Wildman–Crippen LogP) is 3.58. The number of alkyl halides is 3. The Morgan fingerprint density at radius 1 is 1.16 bits per heavy atom. The fraction of sp³-hybridized carbons (Fsp3) is 0.538. The molecule has 1 aliphatic heterocycles. The normalized spacial score (nSPS) is 24.5. The van der Waals surface area contributed by atoms with Gasteiger partial charge >= 0.3 is 6.18 Å². The second kappa shape index (κ2) is 5.45. The van der Waals surface area contributed by atoms with Crippen molar-refractivity contribution in [3.63, 3.8) is 0 Å². The summed E-state index contributed by atoms with van der Waals surface area (Å²) in [5, 5.41) is 2.47. The van der Waals surface area contributed by atoms with Gasteiger partial charge in [0.1, 0.15) is 17.7 Å². The van der Waals surface area contributed by atoms with Crippen molar-refractivity contribution in [1.29, 1.82) is 0 Å². The van der Waals surface area contributed by atoms with E-state index in [0.29, 0.717) is 12.8 Å². The second-order valence-electron chi connectivity index (χ2n) is 4.83. The van der Waals surface area contributed by atoms with Gasteiger partial charge in [-0.2, -0.15) is 13.2 Å². The van der Waals surface area contributed by atoms with Crippen LogP contribution in [0.3, 0.4) is 0 Å². The van der Waals surface area contributed by atoms with E-state index in [1.807, 2.05) is 0 Å². The Hall–Kier alpha value is -1.17. The zero-order valence-electron chi connectivity index (χ0n) is 10.1. The first-order valence-corrected chi connectivity index (χ1v) is 6.13. The Morgan fingerprint density at radius 3 is 2.58 bits per heavy atom. The lowest BCUT2D eigenvalue weighted by atomic mass is 9.93. The quantitative estimate of drug-likeness (QED) is 0.816. The van der Waals surface area contributed by atoms with Crippen molar-refractivity contribution in [2.45, 2.75) is 43.9 Å². The van der Waals surface area contributed by atoms with Gasteiger partial charge in [-0.1, -0.05) is 0 Å². The highest BCUT2D eigenvalue weighted by molar-refractivity contribution is 5.20. The van der Waals surface area contributed by atoms with E-state index in [9.17, 15) is 22.0 Å². The molecule has 0 radical (unpaired) electrons. The standard InChI is InChI=1S/C13H14F5N/c14-9-4-5-11(15)8(6-9)7-10-2-1-3-12(19-10)13(16,17)18/h4-6,10,12,19H,1-3,7H2. The molecule has 1 nitrogen and oxygen atoms in total. The zero-order chi connectivity index (χ0) is 14.0. The van der Waals surface area contributed by atoms with E-state index in [-0.39, 0.29) is 18.4 Å². The molecule has 2 atom stereocenters. The van der Waals surface area contributed by atoms with Crippen LogP contribution in [0.1, 0.15) is 24.8 Å². The van der Waals surface area contributed by atoms with E-state index in [4.69, 9.17) is 0 Å². The van der Waals surface area contributed by atoms with Gasteiger partial charge in [-0.3, -0.25) is 0 Å². The fourth-order valence-corrected chi connectivity index (χ4v) is 2.40. The van der Waals surface area contributed by atoms with Gasteiger partial charge in [-0.25, -0.2) is 8.78 Å². The average Bonchev–Trinajstić information content (AvgIpc) is 2.33. The van der Waals surface area contributed by atoms with Crippen LogP contribution in [0.5, 0.6) is 0 Å². The first kappa shape index (κ1) is 14.2. The molecule has 19 heavy (non-hydrogen) atoms. The number of nitrogens with one attached hydrogen (secondary N) is 1. The summed E-state index contributed by atoms with van der Waals surface area (Å²) in [5.74, 6) is -1.17. The third kappa shape index (κ3) is 3.65. The van der Waals surface area contributed by atoms with E-state index in [0.717, 1.165) is 18.2 Å². The Labute approximate surface area is 107 Å². The highest BCUT2D eigenvalue weighted by atomic mass is 19.4. The van der Waals surface area contributed by atoms with Gasteiger partial charge in [0, 0.05) is 6.04 Å². The lowest BCUT2D eigenvalue weighted by molar-refractivity contribution is -0.163. The van der Waals surface area contributed by atoms with Crippen molar-refractivity contribution in [3.05, 3.63) is 35.4 Å². The van der Waals surface area contributed by atoms with Gasteiger partial charge in [0.05, 0.1) is 0 Å². The molecule has 0 saturated carbocycles. The van der Waals surface area contributed by atoms with Gasteiger partial charge in [0.25, 0.3) is 0 Å². The van der Waals surface area contributed by atoms with Crippen LogP contribution in [0.2, 0.25) is 0 Å². The first-order valence-electron chi connectivity index (χ1n) is 6.13. The van der Waals surface area contributed by atoms with Crippen molar-refractivity contribution in [1.82, 2.24) is 5.32 Å². The first-order chi connectivity index (χ1) is 8.86. The summed E-state index contributed by atoms with van der Waals surface area (Å²) in [4.78, 5) is 0. The van der Waals surface area contributed by atoms with Crippen LogP contribution < -0.4 is 5.32 Å². The lowest BCUT2D eigenvalue weighted by Crippen LogP contribution is -2.51. The number of hydrogen-bond acceptors (Lipinski definition) is 1. The molecule has 0 bridgehead atoms. The summed E-state index contributed by atoms with van der Waals surface area (Å²) in [6.45, 7) is 0. The number of piperidine rings is 1. The Bertz CT molecular complexity index is 443. The third-order valence-corrected chi connectivity index (χ3v) is 3.35. The van der Waals surface area contributed by atoms with Crippen molar-refractivity contribution in [2.75, 3.05) is 0 Å². The van der Waals surface area contributed by atoms with Crippen LogP contribution >= 0.6 is 0 Å². The highest BCUT2D eigenvalue weighted by Crippen LogP contribution is 2.29. The molecular formula is C13H14F5N. The molecule has 2 rings (SSSR count). The molecule has 0 spiro atoms. The van der Waals surface area contributed by atoms with Crippen LogP contribution in [0.4, 0.5) is 22.0 Å². The van der Waals surface area contributed by atoms with Crippen molar-refractivity contribution >= 4 is 0 Å². The largest absolute Gasteiger partial charge is 0.403 e. The smallest absolute Gasteiger partial charge is 0.303 e. The van der Waals surface area contributed by atoms with E-state index >= 15 is 0 Å². The summed E-state index contributed by atoms with van der Waals surface area (Å²) < 4.78 is 64.2. The van der Waals surface area contributed by atoms with Crippen LogP contribution in [-0.4, -0.2) is 18.3 Å². The molecule has 1 N–H and O–H groups in total. The van der Waals surface area contributed by atoms with Crippen LogP contribution in [-0.2, 0) is 6.42 Å². The van der Waals surface area contributed by atoms with Gasteiger partial charge in [-0.15, -0.1) is 0 Å². The number of hydrogen-bond donors (Lipinski definition) is 1. The summed E-state index contributed by atoms with van der Waals surface area (Å²) in [6.07, 6.45) is -3.23. The summed E-state index contributed by atoms with van der Waals surface area (Å²) >= 11 is 0. The minimum atomic E-state index is -4.29. The van der Waals surface area contributed by atoms with Gasteiger partial charge < -0.3 is 5.32 Å². The topological polar surface area (TPSA) is 12.0 Å². The minimum Gasteiger partial charge on any atom is -0.303 e.